The molecule has 14 heavy (non-hydrogen) atoms. The molecule has 0 aliphatic carbocycles. The number of carbonyl (C=O) groups is 1. The number of carboxylic acid groups (broad SMARTS) is 1. The van der Waals surface area contributed by atoms with Crippen LogP contribution in [0.3, 0.4) is 0 Å². The molecule has 0 spiro atoms. The van der Waals surface area contributed by atoms with Gasteiger partial charge in [-0.05, 0) is 19.4 Å². The maximum Gasteiger partial charge on any atom is 0.327 e. The Morgan fingerprint density at radius 3 is 1.86 bits per heavy atom. The van der Waals surface area contributed by atoms with Gasteiger partial charge in [-0.2, -0.15) is 0 Å². The Balaban J connectivity index is 0. The second-order valence-corrected chi connectivity index (χ2v) is 2.63. The summed E-state index contributed by atoms with van der Waals surface area (Å²) in [6, 6.07) is 0. The van der Waals surface area contributed by atoms with E-state index in [1.807, 2.05) is 0 Å². The lowest BCUT2D eigenvalue weighted by Crippen LogP contribution is -2.15. The molecule has 5 nitrogen and oxygen atoms in total. The number of hydrogen-bond acceptors (Lipinski definition) is 4. The van der Waals surface area contributed by atoms with Crippen LogP contribution in [0.1, 0.15) is 13.8 Å². The van der Waals surface area contributed by atoms with E-state index in [1.54, 1.807) is 13.8 Å². The summed E-state index contributed by atoms with van der Waals surface area (Å²) < 4.78 is 0. The Kier molecular flexibility index (Phi) is 8.96. The lowest BCUT2D eigenvalue weighted by atomic mass is 10.2. The van der Waals surface area contributed by atoms with Gasteiger partial charge in [0.05, 0.1) is 6.61 Å². The topological polar surface area (TPSA) is 98.0 Å². The first kappa shape index (κ1) is 15.2. The van der Waals surface area contributed by atoms with Crippen molar-refractivity contribution in [2.75, 3.05) is 6.61 Å². The zero-order chi connectivity index (χ0) is 11.7. The third-order valence-corrected chi connectivity index (χ3v) is 1.18. The maximum absolute atomic E-state index is 9.25. The Morgan fingerprint density at radius 1 is 1.43 bits per heavy atom. The van der Waals surface area contributed by atoms with Crippen LogP contribution in [0.15, 0.2) is 24.0 Å². The average Bonchev–Trinajstić information content (AvgIpc) is 2.16. The quantitative estimate of drug-likeness (QED) is 0.395. The van der Waals surface area contributed by atoms with Crippen molar-refractivity contribution in [3.8, 4) is 0 Å². The van der Waals surface area contributed by atoms with E-state index in [9.17, 15) is 4.79 Å². The van der Waals surface area contributed by atoms with Crippen molar-refractivity contribution in [2.45, 2.75) is 20.0 Å². The van der Waals surface area contributed by atoms with Gasteiger partial charge in [0, 0.05) is 6.08 Å². The first-order valence-corrected chi connectivity index (χ1v) is 3.87. The monoisotopic (exact) mass is 204 g/mol. The molecule has 0 amide bonds. The third kappa shape index (κ3) is 8.76. The van der Waals surface area contributed by atoms with E-state index in [0.29, 0.717) is 5.57 Å². The van der Waals surface area contributed by atoms with Crippen LogP contribution in [0.4, 0.5) is 0 Å². The molecule has 0 aliphatic rings. The van der Waals surface area contributed by atoms with Crippen LogP contribution in [0.2, 0.25) is 0 Å². The van der Waals surface area contributed by atoms with Crippen molar-refractivity contribution in [3.05, 3.63) is 24.0 Å². The van der Waals surface area contributed by atoms with Crippen molar-refractivity contribution >= 4 is 5.97 Å². The number of hydrogen-bond donors (Lipinski definition) is 4. The van der Waals surface area contributed by atoms with Gasteiger partial charge < -0.3 is 20.4 Å². The Bertz CT molecular complexity index is 215. The molecule has 82 valence electrons. The van der Waals surface area contributed by atoms with E-state index >= 15 is 0 Å². The summed E-state index contributed by atoms with van der Waals surface area (Å²) in [7, 11) is 0. The van der Waals surface area contributed by atoms with Gasteiger partial charge in [-0.3, -0.25) is 0 Å². The second kappa shape index (κ2) is 8.28. The van der Waals surface area contributed by atoms with Crippen LogP contribution < -0.4 is 0 Å². The molecule has 4 N–H and O–H groups in total. The minimum Gasteiger partial charge on any atom is -0.510 e. The van der Waals surface area contributed by atoms with Gasteiger partial charge in [0.25, 0.3) is 0 Å². The molecule has 1 atom stereocenters. The van der Waals surface area contributed by atoms with Crippen LogP contribution in [0, 0.1) is 0 Å². The molecule has 5 heteroatoms. The molecule has 0 aromatic carbocycles. The SMILES string of the molecule is C=CC(=O)O.CC(C)=C(O)C(O)CO. The van der Waals surface area contributed by atoms with Gasteiger partial charge in [0.2, 0.25) is 0 Å². The first-order chi connectivity index (χ1) is 6.36. The summed E-state index contributed by atoms with van der Waals surface area (Å²) in [5, 5.41) is 33.5. The third-order valence-electron chi connectivity index (χ3n) is 1.18. The summed E-state index contributed by atoms with van der Waals surface area (Å²) in [6.07, 6.45) is -0.282. The predicted octanol–water partition coefficient (Wildman–Crippen LogP) is 0.448. The predicted molar refractivity (Wildman–Crippen MR) is 51.9 cm³/mol. The average molecular weight is 204 g/mol. The fraction of sp³-hybridized carbons (Fsp3) is 0.444. The van der Waals surface area contributed by atoms with Crippen LogP contribution >= 0.6 is 0 Å². The minimum absolute atomic E-state index is 0.141. The fourth-order valence-corrected chi connectivity index (χ4v) is 0.420. The lowest BCUT2D eigenvalue weighted by molar-refractivity contribution is -0.131. The molecule has 0 aliphatic heterocycles. The smallest absolute Gasteiger partial charge is 0.327 e. The van der Waals surface area contributed by atoms with Crippen molar-refractivity contribution in [2.24, 2.45) is 0 Å². The lowest BCUT2D eigenvalue weighted by Gasteiger charge is -2.06. The van der Waals surface area contributed by atoms with E-state index in [2.05, 4.69) is 6.58 Å². The number of carboxylic acids is 1. The van der Waals surface area contributed by atoms with E-state index in [4.69, 9.17) is 20.4 Å². The Hall–Kier alpha value is -1.33. The summed E-state index contributed by atoms with van der Waals surface area (Å²) in [5.74, 6) is -1.12. The van der Waals surface area contributed by atoms with Gasteiger partial charge in [0.1, 0.15) is 11.9 Å². The molecular weight excluding hydrogens is 188 g/mol. The van der Waals surface area contributed by atoms with E-state index in [-0.39, 0.29) is 5.76 Å². The maximum atomic E-state index is 9.25. The van der Waals surface area contributed by atoms with Crippen LogP contribution in [-0.4, -0.2) is 39.1 Å². The standard InChI is InChI=1S/C6H12O3.C3H4O2/c1-4(2)6(9)5(8)3-7;1-2-3(4)5/h5,7-9H,3H2,1-2H3;2H,1H2,(H,4,5). The zero-order valence-corrected chi connectivity index (χ0v) is 8.27. The first-order valence-electron chi connectivity index (χ1n) is 3.87. The normalized spacial score (nSPS) is 10.6. The second-order valence-electron chi connectivity index (χ2n) is 2.63. The summed E-state index contributed by atoms with van der Waals surface area (Å²) in [4.78, 5) is 9.25. The molecule has 0 saturated carbocycles. The minimum atomic E-state index is -1.12. The van der Waals surface area contributed by atoms with Crippen LogP contribution in [0.5, 0.6) is 0 Å². The highest BCUT2D eigenvalue weighted by Crippen LogP contribution is 2.03. The number of allylic oxidation sites excluding steroid dienone is 1. The number of aliphatic hydroxyl groups excluding tert-OH is 3. The summed E-state index contributed by atoms with van der Waals surface area (Å²) >= 11 is 0. The van der Waals surface area contributed by atoms with Gasteiger partial charge in [0.15, 0.2) is 0 Å². The van der Waals surface area contributed by atoms with E-state index < -0.39 is 18.7 Å². The Labute approximate surface area is 82.6 Å². The molecule has 0 aromatic rings. The molecule has 0 rings (SSSR count). The van der Waals surface area contributed by atoms with E-state index in [1.165, 1.54) is 0 Å². The molecule has 0 heterocycles. The van der Waals surface area contributed by atoms with Crippen molar-refractivity contribution in [1.29, 1.82) is 0 Å². The van der Waals surface area contributed by atoms with Gasteiger partial charge >= 0.3 is 5.97 Å². The molecule has 1 unspecified atom stereocenters. The van der Waals surface area contributed by atoms with Gasteiger partial charge in [-0.15, -0.1) is 0 Å². The largest absolute Gasteiger partial charge is 0.510 e. The zero-order valence-electron chi connectivity index (χ0n) is 8.27. The van der Waals surface area contributed by atoms with Crippen molar-refractivity contribution < 1.29 is 25.2 Å². The summed E-state index contributed by atoms with van der Waals surface area (Å²) in [5.41, 5.74) is 0.622. The molecular formula is C9H16O5. The van der Waals surface area contributed by atoms with Crippen molar-refractivity contribution in [1.82, 2.24) is 0 Å². The van der Waals surface area contributed by atoms with Gasteiger partial charge in [-0.25, -0.2) is 4.79 Å². The highest BCUT2D eigenvalue weighted by molar-refractivity contribution is 5.78. The Morgan fingerprint density at radius 2 is 1.79 bits per heavy atom. The van der Waals surface area contributed by atoms with E-state index in [0.717, 1.165) is 6.08 Å². The number of rotatable bonds is 3. The van der Waals surface area contributed by atoms with Crippen LogP contribution in [0.25, 0.3) is 0 Å². The van der Waals surface area contributed by atoms with Gasteiger partial charge in [-0.1, -0.05) is 6.58 Å². The molecule has 0 radical (unpaired) electrons. The molecule has 0 bridgehead atoms. The highest BCUT2D eigenvalue weighted by atomic mass is 16.4. The summed E-state index contributed by atoms with van der Waals surface area (Å²) in [6.45, 7) is 5.85. The molecule has 0 fully saturated rings. The number of aliphatic carboxylic acids is 1. The molecule has 0 aromatic heterocycles. The fourth-order valence-electron chi connectivity index (χ4n) is 0.420. The molecule has 0 saturated heterocycles. The number of aliphatic hydroxyl groups is 3. The van der Waals surface area contributed by atoms with Crippen molar-refractivity contribution in [3.63, 3.8) is 0 Å². The highest BCUT2D eigenvalue weighted by Gasteiger charge is 2.07. The van der Waals surface area contributed by atoms with Crippen LogP contribution in [-0.2, 0) is 4.79 Å².